The van der Waals surface area contributed by atoms with Crippen LogP contribution in [-0.4, -0.2) is 6.54 Å². The first-order valence-electron chi connectivity index (χ1n) is 3.22. The molecule has 0 bridgehead atoms. The number of hydrogen-bond donors (Lipinski definition) is 0. The van der Waals surface area contributed by atoms with Gasteiger partial charge in [0.05, 0.1) is 6.54 Å². The zero-order chi connectivity index (χ0) is 5.82. The zero-order valence-electron chi connectivity index (χ0n) is 4.97. The van der Waals surface area contributed by atoms with E-state index in [0.29, 0.717) is 12.5 Å². The first kappa shape index (κ1) is 5.73. The van der Waals surface area contributed by atoms with E-state index in [1.54, 1.807) is 0 Å². The zero-order valence-corrected chi connectivity index (χ0v) is 4.97. The van der Waals surface area contributed by atoms with Gasteiger partial charge >= 0.3 is 0 Å². The molecule has 0 spiro atoms. The van der Waals surface area contributed by atoms with E-state index >= 15 is 0 Å². The Morgan fingerprint density at radius 1 is 1.38 bits per heavy atom. The van der Waals surface area contributed by atoms with Gasteiger partial charge in [-0.3, -0.25) is 0 Å². The lowest BCUT2D eigenvalue weighted by Crippen LogP contribution is -1.95. The molecule has 1 aliphatic carbocycles. The Hall–Kier alpha value is -0.400. The van der Waals surface area contributed by atoms with Crippen molar-refractivity contribution in [2.24, 2.45) is 11.1 Å². The second-order valence-corrected chi connectivity index (χ2v) is 2.46. The van der Waals surface area contributed by atoms with Crippen LogP contribution in [0, 0.1) is 10.8 Å². The van der Waals surface area contributed by atoms with Gasteiger partial charge in [0, 0.05) is 0 Å². The molecule has 0 radical (unpaired) electrons. The molecule has 0 aliphatic heterocycles. The smallest absolute Gasteiger partial charge is 0.0839 e. The van der Waals surface area contributed by atoms with E-state index in [-0.39, 0.29) is 0 Å². The molecule has 1 fully saturated rings. The van der Waals surface area contributed by atoms with Crippen molar-refractivity contribution in [3.8, 4) is 0 Å². The van der Waals surface area contributed by atoms with Gasteiger partial charge < -0.3 is 0 Å². The topological polar surface area (TPSA) is 29.4 Å². The molecule has 2 heteroatoms. The molecule has 2 nitrogen and oxygen atoms in total. The SMILES string of the molecule is O=NCC1CCCC1. The number of nitrogens with zero attached hydrogens (tertiary/aromatic N) is 1. The van der Waals surface area contributed by atoms with Gasteiger partial charge in [-0.15, -0.1) is 0 Å². The van der Waals surface area contributed by atoms with E-state index in [0.717, 1.165) is 0 Å². The molecule has 0 unspecified atom stereocenters. The third kappa shape index (κ3) is 1.29. The van der Waals surface area contributed by atoms with Gasteiger partial charge in [0.1, 0.15) is 0 Å². The summed E-state index contributed by atoms with van der Waals surface area (Å²) in [6.07, 6.45) is 5.07. The summed E-state index contributed by atoms with van der Waals surface area (Å²) in [7, 11) is 0. The first-order valence-corrected chi connectivity index (χ1v) is 3.22. The molecule has 1 aliphatic rings. The van der Waals surface area contributed by atoms with E-state index < -0.39 is 0 Å². The molecule has 1 saturated carbocycles. The molecule has 8 heavy (non-hydrogen) atoms. The quantitative estimate of drug-likeness (QED) is 0.503. The molecule has 0 amide bonds. The highest BCUT2D eigenvalue weighted by Gasteiger charge is 2.13. The van der Waals surface area contributed by atoms with Crippen molar-refractivity contribution < 1.29 is 0 Å². The Labute approximate surface area is 49.3 Å². The maximum atomic E-state index is 9.71. The number of hydrogen-bond acceptors (Lipinski definition) is 2. The van der Waals surface area contributed by atoms with Crippen molar-refractivity contribution >= 4 is 0 Å². The van der Waals surface area contributed by atoms with Crippen molar-refractivity contribution in [1.29, 1.82) is 0 Å². The second-order valence-electron chi connectivity index (χ2n) is 2.46. The fourth-order valence-electron chi connectivity index (χ4n) is 1.30. The third-order valence-corrected chi connectivity index (χ3v) is 1.81. The lowest BCUT2D eigenvalue weighted by molar-refractivity contribution is 0.561. The Bertz CT molecular complexity index is 76.6. The summed E-state index contributed by atoms with van der Waals surface area (Å²) in [6, 6.07) is 0. The van der Waals surface area contributed by atoms with Crippen LogP contribution in [0.2, 0.25) is 0 Å². The lowest BCUT2D eigenvalue weighted by atomic mass is 10.1. The summed E-state index contributed by atoms with van der Waals surface area (Å²) in [6.45, 7) is 0.556. The molecule has 0 aromatic rings. The summed E-state index contributed by atoms with van der Waals surface area (Å²) < 4.78 is 0. The highest BCUT2D eigenvalue weighted by molar-refractivity contribution is 4.68. The largest absolute Gasteiger partial charge is 0.151 e. The molecule has 0 saturated heterocycles. The van der Waals surface area contributed by atoms with E-state index in [1.807, 2.05) is 0 Å². The van der Waals surface area contributed by atoms with Gasteiger partial charge in [0.15, 0.2) is 0 Å². The van der Waals surface area contributed by atoms with Crippen LogP contribution in [-0.2, 0) is 0 Å². The Morgan fingerprint density at radius 2 is 2.00 bits per heavy atom. The summed E-state index contributed by atoms with van der Waals surface area (Å²) >= 11 is 0. The van der Waals surface area contributed by atoms with Crippen LogP contribution in [0.15, 0.2) is 5.18 Å². The molecule has 0 atom stereocenters. The van der Waals surface area contributed by atoms with Gasteiger partial charge in [-0.2, -0.15) is 4.91 Å². The molecule has 0 N–H and O–H groups in total. The second kappa shape index (κ2) is 2.80. The first-order chi connectivity index (χ1) is 3.93. The van der Waals surface area contributed by atoms with E-state index in [2.05, 4.69) is 5.18 Å². The van der Waals surface area contributed by atoms with Gasteiger partial charge in [0.2, 0.25) is 0 Å². The lowest BCUT2D eigenvalue weighted by Gasteiger charge is -1.97. The average molecular weight is 113 g/mol. The van der Waals surface area contributed by atoms with Crippen molar-refractivity contribution in [2.45, 2.75) is 25.7 Å². The molecule has 0 heterocycles. The summed E-state index contributed by atoms with van der Waals surface area (Å²) in [5, 5.41) is 2.87. The predicted molar refractivity (Wildman–Crippen MR) is 32.6 cm³/mol. The maximum Gasteiger partial charge on any atom is 0.0839 e. The minimum absolute atomic E-state index is 0.556. The Kier molecular flexibility index (Phi) is 2.00. The molecule has 1 rings (SSSR count). The van der Waals surface area contributed by atoms with Crippen LogP contribution in [0.3, 0.4) is 0 Å². The minimum atomic E-state index is 0.556. The molecule has 0 aromatic heterocycles. The van der Waals surface area contributed by atoms with Crippen molar-refractivity contribution in [2.75, 3.05) is 6.54 Å². The number of rotatable bonds is 2. The highest BCUT2D eigenvalue weighted by atomic mass is 16.3. The van der Waals surface area contributed by atoms with Crippen molar-refractivity contribution in [1.82, 2.24) is 0 Å². The van der Waals surface area contributed by atoms with Crippen LogP contribution in [0.5, 0.6) is 0 Å². The van der Waals surface area contributed by atoms with E-state index in [1.165, 1.54) is 25.7 Å². The maximum absolute atomic E-state index is 9.71. The fourth-order valence-corrected chi connectivity index (χ4v) is 1.30. The molecule has 0 aromatic carbocycles. The normalized spacial score (nSPS) is 21.5. The van der Waals surface area contributed by atoms with Crippen LogP contribution in [0.4, 0.5) is 0 Å². The van der Waals surface area contributed by atoms with Gasteiger partial charge in [0.25, 0.3) is 0 Å². The standard InChI is InChI=1S/C6H11NO/c8-7-5-6-3-1-2-4-6/h6H,1-5H2. The monoisotopic (exact) mass is 113 g/mol. The predicted octanol–water partition coefficient (Wildman–Crippen LogP) is 1.94. The number of nitroso groups, excluding NO2 is 1. The third-order valence-electron chi connectivity index (χ3n) is 1.81. The molecular weight excluding hydrogens is 102 g/mol. The van der Waals surface area contributed by atoms with Gasteiger partial charge in [-0.1, -0.05) is 18.0 Å². The molecule has 46 valence electrons. The van der Waals surface area contributed by atoms with Crippen molar-refractivity contribution in [3.05, 3.63) is 4.91 Å². The van der Waals surface area contributed by atoms with Gasteiger partial charge in [-0.25, -0.2) is 0 Å². The van der Waals surface area contributed by atoms with Crippen LogP contribution in [0.25, 0.3) is 0 Å². The van der Waals surface area contributed by atoms with E-state index in [4.69, 9.17) is 0 Å². The highest BCUT2D eigenvalue weighted by Crippen LogP contribution is 2.24. The summed E-state index contributed by atoms with van der Waals surface area (Å²) in [5.74, 6) is 0.632. The van der Waals surface area contributed by atoms with Gasteiger partial charge in [-0.05, 0) is 18.8 Å². The molecular formula is C6H11NO. The van der Waals surface area contributed by atoms with Crippen molar-refractivity contribution in [3.63, 3.8) is 0 Å². The van der Waals surface area contributed by atoms with E-state index in [9.17, 15) is 4.91 Å². The Balaban J connectivity index is 2.14. The summed E-state index contributed by atoms with van der Waals surface area (Å²) in [5.41, 5.74) is 0. The Morgan fingerprint density at radius 3 is 2.50 bits per heavy atom. The minimum Gasteiger partial charge on any atom is -0.151 e. The van der Waals surface area contributed by atoms with Crippen LogP contribution >= 0.6 is 0 Å². The fraction of sp³-hybridized carbons (Fsp3) is 1.00. The van der Waals surface area contributed by atoms with Crippen LogP contribution < -0.4 is 0 Å². The van der Waals surface area contributed by atoms with Crippen LogP contribution in [0.1, 0.15) is 25.7 Å². The summed E-state index contributed by atoms with van der Waals surface area (Å²) in [4.78, 5) is 9.71. The average Bonchev–Trinajstić information content (AvgIpc) is 2.19.